The largest absolute Gasteiger partial charge is 0.416 e. The molecule has 0 saturated heterocycles. The van der Waals surface area contributed by atoms with E-state index in [0.717, 1.165) is 12.1 Å². The Balaban J connectivity index is 1.72. The van der Waals surface area contributed by atoms with Gasteiger partial charge in [0.15, 0.2) is 0 Å². The standard InChI is InChI=1S/C18H14ClF3N4O2/c1-10(27)24-14-7-6-13(19)8-15(14)23-9-16-25-17(26-28-16)11-2-4-12(5-3-11)18(20,21)22/h2-8,23H,9H2,1H3,(H,24,27). The van der Waals surface area contributed by atoms with Gasteiger partial charge in [0.25, 0.3) is 0 Å². The molecule has 0 atom stereocenters. The highest BCUT2D eigenvalue weighted by Gasteiger charge is 2.30. The maximum absolute atomic E-state index is 12.6. The molecule has 3 aromatic rings. The van der Waals surface area contributed by atoms with Crippen LogP contribution in [0.2, 0.25) is 5.02 Å². The van der Waals surface area contributed by atoms with Gasteiger partial charge in [0.1, 0.15) is 0 Å². The van der Waals surface area contributed by atoms with Gasteiger partial charge in [-0.2, -0.15) is 18.2 Å². The smallest absolute Gasteiger partial charge is 0.374 e. The fraction of sp³-hybridized carbons (Fsp3) is 0.167. The summed E-state index contributed by atoms with van der Waals surface area (Å²) < 4.78 is 43.0. The molecule has 0 radical (unpaired) electrons. The Morgan fingerprint density at radius 2 is 1.86 bits per heavy atom. The maximum atomic E-state index is 12.6. The van der Waals surface area contributed by atoms with E-state index in [-0.39, 0.29) is 24.2 Å². The van der Waals surface area contributed by atoms with E-state index in [1.54, 1.807) is 18.2 Å². The van der Waals surface area contributed by atoms with E-state index in [1.165, 1.54) is 19.1 Å². The predicted octanol–water partition coefficient (Wildman–Crippen LogP) is 4.98. The number of carbonyl (C=O) groups is 1. The second-order valence-corrected chi connectivity index (χ2v) is 6.25. The van der Waals surface area contributed by atoms with Crippen LogP contribution in [0.1, 0.15) is 18.4 Å². The van der Waals surface area contributed by atoms with Crippen molar-refractivity contribution in [1.29, 1.82) is 0 Å². The van der Waals surface area contributed by atoms with Crippen molar-refractivity contribution in [1.82, 2.24) is 10.1 Å². The van der Waals surface area contributed by atoms with Gasteiger partial charge in [-0.05, 0) is 30.3 Å². The Kier molecular flexibility index (Phi) is 5.55. The minimum Gasteiger partial charge on any atom is -0.374 e. The number of amides is 1. The zero-order valence-corrected chi connectivity index (χ0v) is 15.2. The highest BCUT2D eigenvalue weighted by Crippen LogP contribution is 2.30. The second kappa shape index (κ2) is 7.89. The average molecular weight is 411 g/mol. The summed E-state index contributed by atoms with van der Waals surface area (Å²) in [6.07, 6.45) is -4.41. The summed E-state index contributed by atoms with van der Waals surface area (Å²) in [5, 5.41) is 9.93. The zero-order valence-electron chi connectivity index (χ0n) is 14.5. The predicted molar refractivity (Wildman–Crippen MR) is 97.8 cm³/mol. The van der Waals surface area contributed by atoms with Crippen LogP contribution in [0.4, 0.5) is 24.5 Å². The number of halogens is 4. The molecule has 6 nitrogen and oxygen atoms in total. The van der Waals surface area contributed by atoms with E-state index in [9.17, 15) is 18.0 Å². The van der Waals surface area contributed by atoms with Crippen LogP contribution < -0.4 is 10.6 Å². The molecule has 0 aliphatic carbocycles. The van der Waals surface area contributed by atoms with Gasteiger partial charge >= 0.3 is 6.18 Å². The molecule has 0 unspecified atom stereocenters. The fourth-order valence-corrected chi connectivity index (χ4v) is 2.56. The van der Waals surface area contributed by atoms with Crippen molar-refractivity contribution in [3.63, 3.8) is 0 Å². The highest BCUT2D eigenvalue weighted by molar-refractivity contribution is 6.31. The summed E-state index contributed by atoms with van der Waals surface area (Å²) >= 11 is 5.98. The van der Waals surface area contributed by atoms with Crippen molar-refractivity contribution in [2.45, 2.75) is 19.6 Å². The summed E-state index contributed by atoms with van der Waals surface area (Å²) in [6.45, 7) is 1.51. The zero-order chi connectivity index (χ0) is 20.3. The van der Waals surface area contributed by atoms with Crippen LogP contribution in [0.5, 0.6) is 0 Å². The van der Waals surface area contributed by atoms with Crippen molar-refractivity contribution in [3.8, 4) is 11.4 Å². The first-order valence-corrected chi connectivity index (χ1v) is 8.41. The highest BCUT2D eigenvalue weighted by atomic mass is 35.5. The number of nitrogens with one attached hydrogen (secondary N) is 2. The normalized spacial score (nSPS) is 11.3. The molecular formula is C18H14ClF3N4O2. The van der Waals surface area contributed by atoms with Gasteiger partial charge in [0.05, 0.1) is 23.5 Å². The van der Waals surface area contributed by atoms with E-state index in [2.05, 4.69) is 20.8 Å². The van der Waals surface area contributed by atoms with Crippen LogP contribution in [0.15, 0.2) is 47.0 Å². The van der Waals surface area contributed by atoms with E-state index in [1.807, 2.05) is 0 Å². The van der Waals surface area contributed by atoms with E-state index >= 15 is 0 Å². The van der Waals surface area contributed by atoms with E-state index in [0.29, 0.717) is 22.0 Å². The Hall–Kier alpha value is -3.07. The summed E-state index contributed by atoms with van der Waals surface area (Å²) in [5.74, 6) is 0.134. The Labute approximate surface area is 162 Å². The molecule has 0 saturated carbocycles. The first-order chi connectivity index (χ1) is 13.2. The number of benzene rings is 2. The van der Waals surface area contributed by atoms with E-state index < -0.39 is 11.7 Å². The lowest BCUT2D eigenvalue weighted by Gasteiger charge is -2.11. The van der Waals surface area contributed by atoms with Crippen LogP contribution >= 0.6 is 11.6 Å². The first-order valence-electron chi connectivity index (χ1n) is 8.03. The molecular weight excluding hydrogens is 397 g/mol. The fourth-order valence-electron chi connectivity index (χ4n) is 2.38. The molecule has 0 aliphatic rings. The summed E-state index contributed by atoms with van der Waals surface area (Å²) in [7, 11) is 0. The van der Waals surface area contributed by atoms with Crippen LogP contribution in [-0.4, -0.2) is 16.0 Å². The molecule has 3 rings (SSSR count). The number of alkyl halides is 3. The maximum Gasteiger partial charge on any atom is 0.416 e. The average Bonchev–Trinajstić information content (AvgIpc) is 3.10. The Morgan fingerprint density at radius 3 is 2.50 bits per heavy atom. The molecule has 0 spiro atoms. The second-order valence-electron chi connectivity index (χ2n) is 5.81. The minimum atomic E-state index is -4.41. The Bertz CT molecular complexity index is 987. The van der Waals surface area contributed by atoms with Gasteiger partial charge in [-0.3, -0.25) is 4.79 Å². The van der Waals surface area contributed by atoms with Crippen LogP contribution in [0, 0.1) is 0 Å². The molecule has 1 aromatic heterocycles. The van der Waals surface area contributed by atoms with Crippen LogP contribution in [-0.2, 0) is 17.5 Å². The molecule has 28 heavy (non-hydrogen) atoms. The lowest BCUT2D eigenvalue weighted by molar-refractivity contribution is -0.137. The summed E-state index contributed by atoms with van der Waals surface area (Å²) in [5.41, 5.74) is 0.717. The molecule has 0 aliphatic heterocycles. The van der Waals surface area contributed by atoms with Crippen LogP contribution in [0.3, 0.4) is 0 Å². The van der Waals surface area contributed by atoms with Crippen molar-refractivity contribution >= 4 is 28.9 Å². The quantitative estimate of drug-likeness (QED) is 0.620. The van der Waals surface area contributed by atoms with Crippen molar-refractivity contribution in [2.75, 3.05) is 10.6 Å². The summed E-state index contributed by atoms with van der Waals surface area (Å²) in [6, 6.07) is 9.36. The molecule has 1 amide bonds. The van der Waals surface area contributed by atoms with Gasteiger partial charge in [0, 0.05) is 17.5 Å². The molecule has 2 aromatic carbocycles. The molecule has 1 heterocycles. The van der Waals surface area contributed by atoms with Gasteiger partial charge < -0.3 is 15.2 Å². The minimum absolute atomic E-state index is 0.126. The number of hydrogen-bond donors (Lipinski definition) is 2. The third-order valence-electron chi connectivity index (χ3n) is 3.66. The van der Waals surface area contributed by atoms with Gasteiger partial charge in [-0.25, -0.2) is 0 Å². The monoisotopic (exact) mass is 410 g/mol. The number of anilines is 2. The molecule has 0 fully saturated rings. The number of rotatable bonds is 5. The molecule has 2 N–H and O–H groups in total. The van der Waals surface area contributed by atoms with E-state index in [4.69, 9.17) is 16.1 Å². The number of aromatic nitrogens is 2. The number of carbonyl (C=O) groups excluding carboxylic acids is 1. The summed E-state index contributed by atoms with van der Waals surface area (Å²) in [4.78, 5) is 15.4. The van der Waals surface area contributed by atoms with Gasteiger partial charge in [-0.15, -0.1) is 0 Å². The van der Waals surface area contributed by atoms with Crippen LogP contribution in [0.25, 0.3) is 11.4 Å². The number of nitrogens with zero attached hydrogens (tertiary/aromatic N) is 2. The van der Waals surface area contributed by atoms with Crippen molar-refractivity contribution in [2.24, 2.45) is 0 Å². The van der Waals surface area contributed by atoms with Gasteiger partial charge in [0.2, 0.25) is 17.6 Å². The first kappa shape index (κ1) is 19.7. The third kappa shape index (κ3) is 4.80. The lowest BCUT2D eigenvalue weighted by Crippen LogP contribution is -2.09. The van der Waals surface area contributed by atoms with Gasteiger partial charge in [-0.1, -0.05) is 28.9 Å². The topological polar surface area (TPSA) is 80.0 Å². The Morgan fingerprint density at radius 1 is 1.14 bits per heavy atom. The van der Waals surface area contributed by atoms with Crippen molar-refractivity contribution in [3.05, 3.63) is 58.9 Å². The number of hydrogen-bond acceptors (Lipinski definition) is 5. The van der Waals surface area contributed by atoms with Crippen molar-refractivity contribution < 1.29 is 22.5 Å². The molecule has 10 heteroatoms. The lowest BCUT2D eigenvalue weighted by atomic mass is 10.1. The SMILES string of the molecule is CC(=O)Nc1ccc(Cl)cc1NCc1nc(-c2ccc(C(F)(F)F)cc2)no1. The third-order valence-corrected chi connectivity index (χ3v) is 3.90. The molecule has 146 valence electrons. The molecule has 0 bridgehead atoms.